The maximum absolute atomic E-state index is 12.0. The van der Waals surface area contributed by atoms with E-state index in [-0.39, 0.29) is 17.0 Å². The number of ether oxygens (including phenoxy) is 1. The minimum absolute atomic E-state index is 0.0103. The number of aryl methyl sites for hydroxylation is 1. The third kappa shape index (κ3) is 3.11. The Balaban J connectivity index is 2.31. The quantitative estimate of drug-likeness (QED) is 0.283. The highest BCUT2D eigenvalue weighted by molar-refractivity contribution is 5.94. The number of rotatable bonds is 4. The number of benzene rings is 2. The highest BCUT2D eigenvalue weighted by Gasteiger charge is 2.16. The van der Waals surface area contributed by atoms with Gasteiger partial charge >= 0.3 is 5.97 Å². The van der Waals surface area contributed by atoms with E-state index in [1.54, 1.807) is 31.2 Å². The molecule has 0 heterocycles. The monoisotopic (exact) mass is 285 g/mol. The Hall–Kier alpha value is -3.02. The van der Waals surface area contributed by atoms with Crippen LogP contribution in [0.5, 0.6) is 5.75 Å². The van der Waals surface area contributed by atoms with Gasteiger partial charge < -0.3 is 4.74 Å². The average Bonchev–Trinajstić information content (AvgIpc) is 2.47. The molecular formula is C15H11NO5. The summed E-state index contributed by atoms with van der Waals surface area (Å²) in [7, 11) is 0. The molecule has 0 amide bonds. The Morgan fingerprint density at radius 1 is 1.24 bits per heavy atom. The Kier molecular flexibility index (Phi) is 4.08. The molecule has 0 aliphatic rings. The fraction of sp³-hybridized carbons (Fsp3) is 0.0667. The van der Waals surface area contributed by atoms with Crippen molar-refractivity contribution in [2.75, 3.05) is 0 Å². The average molecular weight is 285 g/mol. The van der Waals surface area contributed by atoms with Gasteiger partial charge in [-0.05, 0) is 24.6 Å². The summed E-state index contributed by atoms with van der Waals surface area (Å²) in [5.41, 5.74) is 0.809. The van der Waals surface area contributed by atoms with Gasteiger partial charge in [0.25, 0.3) is 5.69 Å². The molecule has 2 rings (SSSR count). The lowest BCUT2D eigenvalue weighted by atomic mass is 10.1. The largest absolute Gasteiger partial charge is 0.422 e. The van der Waals surface area contributed by atoms with Crippen molar-refractivity contribution in [3.8, 4) is 5.75 Å². The van der Waals surface area contributed by atoms with Gasteiger partial charge in [-0.1, -0.05) is 18.2 Å². The molecule has 0 radical (unpaired) electrons. The zero-order valence-electron chi connectivity index (χ0n) is 11.1. The maximum Gasteiger partial charge on any atom is 0.343 e. The van der Waals surface area contributed by atoms with E-state index in [1.165, 1.54) is 12.1 Å². The third-order valence-electron chi connectivity index (χ3n) is 2.90. The Bertz CT molecular complexity index is 724. The first-order chi connectivity index (χ1) is 10.0. The number of carbonyl (C=O) groups is 2. The first kappa shape index (κ1) is 14.4. The fourth-order valence-corrected chi connectivity index (χ4v) is 1.79. The maximum atomic E-state index is 12.0. The number of nitro groups is 1. The van der Waals surface area contributed by atoms with Crippen molar-refractivity contribution in [1.29, 1.82) is 0 Å². The molecule has 2 aromatic carbocycles. The normalized spacial score (nSPS) is 9.95. The van der Waals surface area contributed by atoms with Crippen molar-refractivity contribution in [2.24, 2.45) is 0 Å². The third-order valence-corrected chi connectivity index (χ3v) is 2.90. The van der Waals surface area contributed by atoms with Gasteiger partial charge in [0, 0.05) is 12.1 Å². The van der Waals surface area contributed by atoms with Gasteiger partial charge in [0.2, 0.25) is 0 Å². The topological polar surface area (TPSA) is 86.5 Å². The molecule has 0 atom stereocenters. The molecule has 106 valence electrons. The minimum Gasteiger partial charge on any atom is -0.422 e. The van der Waals surface area contributed by atoms with Crippen LogP contribution < -0.4 is 4.74 Å². The summed E-state index contributed by atoms with van der Waals surface area (Å²) in [6.45, 7) is 1.76. The molecule has 0 spiro atoms. The number of carbonyl (C=O) groups excluding carboxylic acids is 2. The van der Waals surface area contributed by atoms with Crippen LogP contribution in [-0.2, 0) is 0 Å². The summed E-state index contributed by atoms with van der Waals surface area (Å²) in [6.07, 6.45) is 0.410. The molecule has 0 saturated carbocycles. The molecule has 0 bridgehead atoms. The molecule has 6 heteroatoms. The predicted octanol–water partition coefficient (Wildman–Crippen LogP) is 2.93. The van der Waals surface area contributed by atoms with Gasteiger partial charge in [-0.25, -0.2) is 4.79 Å². The molecule has 6 nitrogen and oxygen atoms in total. The standard InChI is InChI=1S/C15H11NO5/c1-10-4-2-3-5-13(10)15(18)21-14-7-6-12(16(19)20)8-11(14)9-17/h2-9H,1H3. The lowest BCUT2D eigenvalue weighted by Crippen LogP contribution is -2.11. The summed E-state index contributed by atoms with van der Waals surface area (Å²) in [4.78, 5) is 33.0. The van der Waals surface area contributed by atoms with Crippen molar-refractivity contribution in [1.82, 2.24) is 0 Å². The van der Waals surface area contributed by atoms with Crippen molar-refractivity contribution < 1.29 is 19.2 Å². The lowest BCUT2D eigenvalue weighted by Gasteiger charge is -2.08. The Morgan fingerprint density at radius 2 is 1.95 bits per heavy atom. The van der Waals surface area contributed by atoms with E-state index in [1.807, 2.05) is 0 Å². The minimum atomic E-state index is -0.625. The highest BCUT2D eigenvalue weighted by atomic mass is 16.6. The molecule has 0 unspecified atom stereocenters. The second-order valence-electron chi connectivity index (χ2n) is 4.30. The van der Waals surface area contributed by atoms with Crippen LogP contribution in [0.25, 0.3) is 0 Å². The van der Waals surface area contributed by atoms with E-state index in [2.05, 4.69) is 0 Å². The zero-order valence-corrected chi connectivity index (χ0v) is 11.1. The summed E-state index contributed by atoms with van der Waals surface area (Å²) in [5, 5.41) is 10.7. The van der Waals surface area contributed by atoms with E-state index in [4.69, 9.17) is 4.74 Å². The van der Waals surface area contributed by atoms with E-state index in [0.29, 0.717) is 11.8 Å². The summed E-state index contributed by atoms with van der Waals surface area (Å²) in [6, 6.07) is 10.3. The molecular weight excluding hydrogens is 274 g/mol. The van der Waals surface area contributed by atoms with Crippen molar-refractivity contribution in [3.05, 3.63) is 69.3 Å². The van der Waals surface area contributed by atoms with Gasteiger partial charge in [-0.2, -0.15) is 0 Å². The van der Waals surface area contributed by atoms with E-state index in [0.717, 1.165) is 11.6 Å². The Morgan fingerprint density at radius 3 is 2.57 bits per heavy atom. The van der Waals surface area contributed by atoms with Crippen LogP contribution >= 0.6 is 0 Å². The number of nitro benzene ring substituents is 1. The van der Waals surface area contributed by atoms with Gasteiger partial charge in [-0.3, -0.25) is 14.9 Å². The SMILES string of the molecule is Cc1ccccc1C(=O)Oc1ccc([N+](=O)[O-])cc1C=O. The summed E-state index contributed by atoms with van der Waals surface area (Å²) < 4.78 is 5.15. The number of non-ortho nitro benzene ring substituents is 1. The van der Waals surface area contributed by atoms with Crippen LogP contribution in [-0.4, -0.2) is 17.2 Å². The zero-order chi connectivity index (χ0) is 15.4. The molecule has 0 saturated heterocycles. The second kappa shape index (κ2) is 5.96. The van der Waals surface area contributed by atoms with Crippen molar-refractivity contribution >= 4 is 17.9 Å². The van der Waals surface area contributed by atoms with Crippen LogP contribution in [0, 0.1) is 17.0 Å². The fourth-order valence-electron chi connectivity index (χ4n) is 1.79. The van der Waals surface area contributed by atoms with Crippen LogP contribution in [0.2, 0.25) is 0 Å². The molecule has 0 N–H and O–H groups in total. The van der Waals surface area contributed by atoms with Crippen LogP contribution in [0.3, 0.4) is 0 Å². The smallest absolute Gasteiger partial charge is 0.343 e. The van der Waals surface area contributed by atoms with Gasteiger partial charge in [0.05, 0.1) is 16.1 Å². The first-order valence-electron chi connectivity index (χ1n) is 6.04. The van der Waals surface area contributed by atoms with E-state index < -0.39 is 10.9 Å². The first-order valence-corrected chi connectivity index (χ1v) is 6.04. The lowest BCUT2D eigenvalue weighted by molar-refractivity contribution is -0.384. The predicted molar refractivity (Wildman–Crippen MR) is 74.6 cm³/mol. The molecule has 2 aromatic rings. The Labute approximate surface area is 120 Å². The van der Waals surface area contributed by atoms with Gasteiger partial charge in [0.1, 0.15) is 5.75 Å². The summed E-state index contributed by atoms with van der Waals surface area (Å²) in [5.74, 6) is -0.631. The molecule has 21 heavy (non-hydrogen) atoms. The van der Waals surface area contributed by atoms with Gasteiger partial charge in [0.15, 0.2) is 6.29 Å². The second-order valence-corrected chi connectivity index (χ2v) is 4.30. The highest BCUT2D eigenvalue weighted by Crippen LogP contribution is 2.24. The number of aldehydes is 1. The molecule has 0 fully saturated rings. The van der Waals surface area contributed by atoms with Crippen molar-refractivity contribution in [3.63, 3.8) is 0 Å². The number of esters is 1. The number of hydrogen-bond donors (Lipinski definition) is 0. The number of nitrogens with zero attached hydrogens (tertiary/aromatic N) is 1. The van der Waals surface area contributed by atoms with Gasteiger partial charge in [-0.15, -0.1) is 0 Å². The van der Waals surface area contributed by atoms with Crippen LogP contribution in [0.15, 0.2) is 42.5 Å². The van der Waals surface area contributed by atoms with E-state index in [9.17, 15) is 19.7 Å². The molecule has 0 aromatic heterocycles. The van der Waals surface area contributed by atoms with Crippen LogP contribution in [0.4, 0.5) is 5.69 Å². The van der Waals surface area contributed by atoms with Crippen molar-refractivity contribution in [2.45, 2.75) is 6.92 Å². The molecule has 0 aliphatic heterocycles. The van der Waals surface area contributed by atoms with Crippen LogP contribution in [0.1, 0.15) is 26.3 Å². The van der Waals surface area contributed by atoms with E-state index >= 15 is 0 Å². The number of hydrogen-bond acceptors (Lipinski definition) is 5. The summed E-state index contributed by atoms with van der Waals surface area (Å²) >= 11 is 0. The molecule has 0 aliphatic carbocycles.